The number of nitrogens with zero attached hydrogens (tertiary/aromatic N) is 1. The van der Waals surface area contributed by atoms with Gasteiger partial charge >= 0.3 is 12.0 Å². The molecule has 10 heteroatoms. The van der Waals surface area contributed by atoms with Crippen LogP contribution in [0.5, 0.6) is 5.75 Å². The van der Waals surface area contributed by atoms with Crippen molar-refractivity contribution in [3.05, 3.63) is 98.5 Å². The average Bonchev–Trinajstić information content (AvgIpc) is 2.87. The number of hydrogen-bond acceptors (Lipinski definition) is 6. The van der Waals surface area contributed by atoms with E-state index in [4.69, 9.17) is 16.3 Å². The summed E-state index contributed by atoms with van der Waals surface area (Å²) in [7, 11) is 1.25. The Morgan fingerprint density at radius 2 is 1.72 bits per heavy atom. The predicted octanol–water partition coefficient (Wildman–Crippen LogP) is 5.13. The third kappa shape index (κ3) is 5.48. The highest BCUT2D eigenvalue weighted by Crippen LogP contribution is 2.29. The Labute approximate surface area is 219 Å². The number of ether oxygens (including phenoxy) is 2. The number of nitrogens with one attached hydrogen (secondary N) is 1. The molecule has 182 valence electrons. The summed E-state index contributed by atoms with van der Waals surface area (Å²) in [6, 6.07) is 17.1. The van der Waals surface area contributed by atoms with Gasteiger partial charge in [0.2, 0.25) is 0 Å². The van der Waals surface area contributed by atoms with Gasteiger partial charge in [0.25, 0.3) is 11.8 Å². The Balaban J connectivity index is 1.54. The fraction of sp³-hybridized carbons (Fsp3) is 0.0769. The Kier molecular flexibility index (Phi) is 7.52. The molecule has 0 unspecified atom stereocenters. The number of esters is 1. The van der Waals surface area contributed by atoms with Crippen molar-refractivity contribution in [3.63, 3.8) is 0 Å². The number of amides is 4. The molecule has 8 nitrogen and oxygen atoms in total. The molecule has 1 N–H and O–H groups in total. The summed E-state index contributed by atoms with van der Waals surface area (Å²) in [5.41, 5.74) is 1.69. The monoisotopic (exact) mass is 568 g/mol. The van der Waals surface area contributed by atoms with Crippen LogP contribution in [-0.2, 0) is 20.9 Å². The van der Waals surface area contributed by atoms with Crippen molar-refractivity contribution in [1.29, 1.82) is 0 Å². The smallest absolute Gasteiger partial charge is 0.337 e. The lowest BCUT2D eigenvalue weighted by molar-refractivity contribution is -0.122. The topological polar surface area (TPSA) is 102 Å². The van der Waals surface area contributed by atoms with Gasteiger partial charge in [-0.25, -0.2) is 14.5 Å². The lowest BCUT2D eigenvalue weighted by Gasteiger charge is -2.26. The highest BCUT2D eigenvalue weighted by atomic mass is 79.9. The van der Waals surface area contributed by atoms with E-state index in [1.54, 1.807) is 30.3 Å². The largest absolute Gasteiger partial charge is 0.488 e. The molecule has 4 rings (SSSR count). The Hall–Kier alpha value is -3.95. The van der Waals surface area contributed by atoms with Crippen molar-refractivity contribution in [3.8, 4) is 5.75 Å². The highest BCUT2D eigenvalue weighted by molar-refractivity contribution is 9.10. The van der Waals surface area contributed by atoms with Crippen LogP contribution in [0.1, 0.15) is 21.5 Å². The molecule has 1 aliphatic heterocycles. The zero-order valence-electron chi connectivity index (χ0n) is 18.8. The summed E-state index contributed by atoms with van der Waals surface area (Å²) >= 11 is 9.35. The number of carbonyl (C=O) groups excluding carboxylic acids is 4. The van der Waals surface area contributed by atoms with Gasteiger partial charge in [-0.05, 0) is 81.7 Å². The van der Waals surface area contributed by atoms with Gasteiger partial charge in [-0.15, -0.1) is 0 Å². The van der Waals surface area contributed by atoms with Crippen LogP contribution < -0.4 is 15.0 Å². The minimum absolute atomic E-state index is 0.190. The van der Waals surface area contributed by atoms with E-state index >= 15 is 0 Å². The summed E-state index contributed by atoms with van der Waals surface area (Å²) in [6.07, 6.45) is 1.38. The normalized spacial score (nSPS) is 14.6. The van der Waals surface area contributed by atoms with E-state index in [9.17, 15) is 19.2 Å². The van der Waals surface area contributed by atoms with Crippen molar-refractivity contribution >= 4 is 63.1 Å². The molecule has 1 aliphatic rings. The van der Waals surface area contributed by atoms with E-state index in [-0.39, 0.29) is 16.8 Å². The molecule has 0 bridgehead atoms. The fourth-order valence-corrected chi connectivity index (χ4v) is 4.03. The van der Waals surface area contributed by atoms with Crippen LogP contribution in [0.25, 0.3) is 6.08 Å². The minimum atomic E-state index is -0.889. The van der Waals surface area contributed by atoms with Crippen molar-refractivity contribution in [1.82, 2.24) is 5.32 Å². The summed E-state index contributed by atoms with van der Waals surface area (Å²) < 4.78 is 11.1. The molecule has 1 saturated heterocycles. The number of imide groups is 2. The molecule has 3 aromatic carbocycles. The molecule has 0 spiro atoms. The van der Waals surface area contributed by atoms with Crippen molar-refractivity contribution in [2.45, 2.75) is 6.61 Å². The molecule has 0 aliphatic carbocycles. The van der Waals surface area contributed by atoms with Crippen LogP contribution in [0.15, 0.2) is 76.8 Å². The number of anilines is 1. The van der Waals surface area contributed by atoms with E-state index in [2.05, 4.69) is 26.0 Å². The van der Waals surface area contributed by atoms with E-state index in [0.717, 1.165) is 10.5 Å². The van der Waals surface area contributed by atoms with E-state index in [1.165, 1.54) is 37.5 Å². The SMILES string of the molecule is COC(=O)c1ccc(N2C(=O)NC(=O)/C(=C\c3ccc(OCc4ccc(Cl)cc4)c(Br)c3)C2=O)cc1. The maximum atomic E-state index is 13.1. The van der Waals surface area contributed by atoms with Gasteiger partial charge in [0, 0.05) is 5.02 Å². The molecule has 3 aromatic rings. The second-order valence-electron chi connectivity index (χ2n) is 7.60. The number of benzene rings is 3. The molecule has 0 aromatic heterocycles. The molecular weight excluding hydrogens is 552 g/mol. The van der Waals surface area contributed by atoms with Crippen LogP contribution >= 0.6 is 27.5 Å². The highest BCUT2D eigenvalue weighted by Gasteiger charge is 2.36. The number of halogens is 2. The standard InChI is InChI=1S/C26H18BrClN2O6/c1-35-25(33)17-5-9-19(10-6-17)30-24(32)20(23(31)29-26(30)34)12-16-4-11-22(21(27)13-16)36-14-15-2-7-18(28)8-3-15/h2-13H,14H2,1H3,(H,29,31,34)/b20-12+. The van der Waals surface area contributed by atoms with E-state index < -0.39 is 23.8 Å². The number of carbonyl (C=O) groups is 4. The molecule has 1 fully saturated rings. The number of urea groups is 1. The Bertz CT molecular complexity index is 1390. The van der Waals surface area contributed by atoms with E-state index in [1.807, 2.05) is 12.1 Å². The molecule has 36 heavy (non-hydrogen) atoms. The third-order valence-electron chi connectivity index (χ3n) is 5.22. The first-order valence-corrected chi connectivity index (χ1v) is 11.7. The molecule has 1 heterocycles. The van der Waals surface area contributed by atoms with Crippen LogP contribution in [-0.4, -0.2) is 30.9 Å². The predicted molar refractivity (Wildman–Crippen MR) is 137 cm³/mol. The first kappa shape index (κ1) is 25.2. The van der Waals surface area contributed by atoms with Crippen LogP contribution in [0, 0.1) is 0 Å². The average molecular weight is 570 g/mol. The number of hydrogen-bond donors (Lipinski definition) is 1. The summed E-state index contributed by atoms with van der Waals surface area (Å²) in [4.78, 5) is 50.5. The van der Waals surface area contributed by atoms with Gasteiger partial charge < -0.3 is 9.47 Å². The molecule has 0 saturated carbocycles. The number of methoxy groups -OCH3 is 1. The maximum Gasteiger partial charge on any atom is 0.337 e. The summed E-state index contributed by atoms with van der Waals surface area (Å²) in [5.74, 6) is -1.60. The lowest BCUT2D eigenvalue weighted by atomic mass is 10.1. The fourth-order valence-electron chi connectivity index (χ4n) is 3.39. The van der Waals surface area contributed by atoms with Crippen LogP contribution in [0.3, 0.4) is 0 Å². The first-order chi connectivity index (χ1) is 17.3. The lowest BCUT2D eigenvalue weighted by Crippen LogP contribution is -2.54. The Morgan fingerprint density at radius 3 is 2.36 bits per heavy atom. The van der Waals surface area contributed by atoms with Gasteiger partial charge in [0.1, 0.15) is 17.9 Å². The van der Waals surface area contributed by atoms with Gasteiger partial charge in [-0.1, -0.05) is 29.8 Å². The van der Waals surface area contributed by atoms with Crippen LogP contribution in [0.2, 0.25) is 5.02 Å². The quantitative estimate of drug-likeness (QED) is 0.251. The van der Waals surface area contributed by atoms with Crippen molar-refractivity contribution in [2.75, 3.05) is 12.0 Å². The van der Waals surface area contributed by atoms with Gasteiger partial charge in [-0.3, -0.25) is 14.9 Å². The molecular formula is C26H18BrClN2O6. The van der Waals surface area contributed by atoms with Crippen molar-refractivity contribution < 1.29 is 28.7 Å². The van der Waals surface area contributed by atoms with Gasteiger partial charge in [0.05, 0.1) is 22.8 Å². The van der Waals surface area contributed by atoms with Gasteiger partial charge in [0.15, 0.2) is 0 Å². The summed E-state index contributed by atoms with van der Waals surface area (Å²) in [6.45, 7) is 0.322. The minimum Gasteiger partial charge on any atom is -0.488 e. The second-order valence-corrected chi connectivity index (χ2v) is 8.89. The Morgan fingerprint density at radius 1 is 1.03 bits per heavy atom. The van der Waals surface area contributed by atoms with Crippen LogP contribution in [0.4, 0.5) is 10.5 Å². The summed E-state index contributed by atoms with van der Waals surface area (Å²) in [5, 5.41) is 2.80. The maximum absolute atomic E-state index is 13.1. The second kappa shape index (κ2) is 10.8. The zero-order valence-corrected chi connectivity index (χ0v) is 21.1. The van der Waals surface area contributed by atoms with Gasteiger partial charge in [-0.2, -0.15) is 0 Å². The number of rotatable bonds is 6. The number of barbiturate groups is 1. The molecule has 0 atom stereocenters. The molecule has 0 radical (unpaired) electrons. The third-order valence-corrected chi connectivity index (χ3v) is 6.09. The zero-order chi connectivity index (χ0) is 25.8. The molecule has 4 amide bonds. The first-order valence-electron chi connectivity index (χ1n) is 10.5. The van der Waals surface area contributed by atoms with E-state index in [0.29, 0.717) is 27.4 Å². The van der Waals surface area contributed by atoms with Crippen molar-refractivity contribution in [2.24, 2.45) is 0 Å².